The SMILES string of the molecule is CCc1ccc(C(=O)N2CCN([C@H](C)c3cccnc3)CC2)o1. The van der Waals surface area contributed by atoms with Crippen molar-refractivity contribution < 1.29 is 9.21 Å². The van der Waals surface area contributed by atoms with Crippen molar-refractivity contribution in [1.29, 1.82) is 0 Å². The first-order valence-electron chi connectivity index (χ1n) is 8.21. The van der Waals surface area contributed by atoms with Gasteiger partial charge in [-0.05, 0) is 30.7 Å². The smallest absolute Gasteiger partial charge is 0.289 e. The van der Waals surface area contributed by atoms with Crippen LogP contribution in [0.3, 0.4) is 0 Å². The van der Waals surface area contributed by atoms with Crippen LogP contribution in [0, 0.1) is 0 Å². The van der Waals surface area contributed by atoms with Crippen molar-refractivity contribution in [3.8, 4) is 0 Å². The van der Waals surface area contributed by atoms with Gasteiger partial charge in [0.1, 0.15) is 5.76 Å². The normalized spacial score (nSPS) is 17.2. The Balaban J connectivity index is 1.59. The number of amides is 1. The summed E-state index contributed by atoms with van der Waals surface area (Å²) in [6, 6.07) is 8.05. The molecule has 122 valence electrons. The molecule has 0 bridgehead atoms. The molecule has 1 aliphatic heterocycles. The van der Waals surface area contributed by atoms with E-state index < -0.39 is 0 Å². The number of nitrogens with zero attached hydrogens (tertiary/aromatic N) is 3. The van der Waals surface area contributed by atoms with Gasteiger partial charge in [0.25, 0.3) is 5.91 Å². The van der Waals surface area contributed by atoms with Gasteiger partial charge in [-0.3, -0.25) is 14.7 Å². The Labute approximate surface area is 136 Å². The van der Waals surface area contributed by atoms with Crippen LogP contribution in [0.2, 0.25) is 0 Å². The van der Waals surface area contributed by atoms with Gasteiger partial charge in [0, 0.05) is 51.0 Å². The van der Waals surface area contributed by atoms with Gasteiger partial charge in [-0.2, -0.15) is 0 Å². The molecule has 1 aliphatic rings. The lowest BCUT2D eigenvalue weighted by molar-refractivity contribution is 0.0551. The minimum atomic E-state index is -0.00150. The maximum atomic E-state index is 12.5. The van der Waals surface area contributed by atoms with Crippen LogP contribution in [0.4, 0.5) is 0 Å². The Morgan fingerprint density at radius 2 is 2.04 bits per heavy atom. The van der Waals surface area contributed by atoms with Crippen molar-refractivity contribution in [2.45, 2.75) is 26.3 Å². The fourth-order valence-corrected chi connectivity index (χ4v) is 2.98. The number of hydrogen-bond acceptors (Lipinski definition) is 4. The van der Waals surface area contributed by atoms with Crippen LogP contribution in [0.5, 0.6) is 0 Å². The van der Waals surface area contributed by atoms with Gasteiger partial charge in [-0.15, -0.1) is 0 Å². The van der Waals surface area contributed by atoms with Crippen molar-refractivity contribution in [1.82, 2.24) is 14.8 Å². The molecular weight excluding hydrogens is 290 g/mol. The Bertz CT molecular complexity index is 645. The molecule has 1 atom stereocenters. The summed E-state index contributed by atoms with van der Waals surface area (Å²) in [5, 5.41) is 0. The predicted octanol–water partition coefficient (Wildman–Crippen LogP) is 2.76. The number of aryl methyl sites for hydroxylation is 1. The zero-order chi connectivity index (χ0) is 16.2. The molecule has 1 amide bonds. The molecule has 0 aliphatic carbocycles. The average Bonchev–Trinajstić information content (AvgIpc) is 3.10. The highest BCUT2D eigenvalue weighted by Gasteiger charge is 2.26. The van der Waals surface area contributed by atoms with Crippen molar-refractivity contribution in [3.05, 3.63) is 53.7 Å². The van der Waals surface area contributed by atoms with E-state index in [-0.39, 0.29) is 5.91 Å². The third-order valence-corrected chi connectivity index (χ3v) is 4.54. The predicted molar refractivity (Wildman–Crippen MR) is 88.2 cm³/mol. The number of piperazine rings is 1. The number of pyridine rings is 1. The van der Waals surface area contributed by atoms with E-state index in [1.54, 1.807) is 12.3 Å². The Kier molecular flexibility index (Phi) is 4.76. The molecule has 3 heterocycles. The summed E-state index contributed by atoms with van der Waals surface area (Å²) in [6.45, 7) is 7.39. The van der Waals surface area contributed by atoms with Gasteiger partial charge in [0.2, 0.25) is 0 Å². The largest absolute Gasteiger partial charge is 0.456 e. The van der Waals surface area contributed by atoms with Crippen LogP contribution in [0.1, 0.15) is 41.8 Å². The molecule has 5 heteroatoms. The summed E-state index contributed by atoms with van der Waals surface area (Å²) in [4.78, 5) is 20.9. The van der Waals surface area contributed by atoms with Gasteiger partial charge in [-0.1, -0.05) is 13.0 Å². The molecule has 1 saturated heterocycles. The molecule has 3 rings (SSSR count). The van der Waals surface area contributed by atoms with Crippen molar-refractivity contribution >= 4 is 5.91 Å². The number of carbonyl (C=O) groups is 1. The lowest BCUT2D eigenvalue weighted by atomic mass is 10.1. The number of hydrogen-bond donors (Lipinski definition) is 0. The molecule has 0 aromatic carbocycles. The molecule has 0 N–H and O–H groups in total. The summed E-state index contributed by atoms with van der Waals surface area (Å²) < 4.78 is 5.58. The van der Waals surface area contributed by atoms with Gasteiger partial charge < -0.3 is 9.32 Å². The highest BCUT2D eigenvalue weighted by atomic mass is 16.4. The topological polar surface area (TPSA) is 49.6 Å². The molecule has 0 saturated carbocycles. The van der Waals surface area contributed by atoms with Gasteiger partial charge in [-0.25, -0.2) is 0 Å². The van der Waals surface area contributed by atoms with Crippen LogP contribution < -0.4 is 0 Å². The van der Waals surface area contributed by atoms with Crippen LogP contribution in [-0.4, -0.2) is 46.9 Å². The summed E-state index contributed by atoms with van der Waals surface area (Å²) in [5.74, 6) is 1.31. The number of aromatic nitrogens is 1. The van der Waals surface area contributed by atoms with Gasteiger partial charge >= 0.3 is 0 Å². The van der Waals surface area contributed by atoms with Crippen molar-refractivity contribution in [3.63, 3.8) is 0 Å². The monoisotopic (exact) mass is 313 g/mol. The Morgan fingerprint density at radius 3 is 2.65 bits per heavy atom. The van der Waals surface area contributed by atoms with Gasteiger partial charge in [0.05, 0.1) is 0 Å². The minimum absolute atomic E-state index is 0.00150. The number of carbonyl (C=O) groups excluding carboxylic acids is 1. The molecule has 0 spiro atoms. The second kappa shape index (κ2) is 6.96. The third-order valence-electron chi connectivity index (χ3n) is 4.54. The maximum absolute atomic E-state index is 12.5. The van der Waals surface area contributed by atoms with Crippen LogP contribution >= 0.6 is 0 Å². The first-order chi connectivity index (χ1) is 11.2. The molecular formula is C18H23N3O2. The molecule has 1 fully saturated rings. The van der Waals surface area contributed by atoms with Crippen molar-refractivity contribution in [2.75, 3.05) is 26.2 Å². The van der Waals surface area contributed by atoms with E-state index in [0.717, 1.165) is 38.4 Å². The Hall–Kier alpha value is -2.14. The lowest BCUT2D eigenvalue weighted by Gasteiger charge is -2.37. The maximum Gasteiger partial charge on any atom is 0.289 e. The van der Waals surface area contributed by atoms with Crippen LogP contribution in [0.15, 0.2) is 41.1 Å². The highest BCUT2D eigenvalue weighted by molar-refractivity contribution is 5.91. The second-order valence-corrected chi connectivity index (χ2v) is 5.91. The molecule has 0 unspecified atom stereocenters. The van der Waals surface area contributed by atoms with E-state index in [1.165, 1.54) is 5.56 Å². The molecule has 5 nitrogen and oxygen atoms in total. The quantitative estimate of drug-likeness (QED) is 0.871. The second-order valence-electron chi connectivity index (χ2n) is 5.91. The van der Waals surface area contributed by atoms with E-state index in [9.17, 15) is 4.79 Å². The van der Waals surface area contributed by atoms with E-state index in [4.69, 9.17) is 4.42 Å². The number of furan rings is 1. The van der Waals surface area contributed by atoms with Gasteiger partial charge in [0.15, 0.2) is 5.76 Å². The van der Waals surface area contributed by atoms with Crippen molar-refractivity contribution in [2.24, 2.45) is 0 Å². The molecule has 2 aromatic heterocycles. The molecule has 2 aromatic rings. The fourth-order valence-electron chi connectivity index (χ4n) is 2.98. The fraction of sp³-hybridized carbons (Fsp3) is 0.444. The minimum Gasteiger partial charge on any atom is -0.456 e. The summed E-state index contributed by atoms with van der Waals surface area (Å²) in [7, 11) is 0. The number of rotatable bonds is 4. The summed E-state index contributed by atoms with van der Waals surface area (Å²) >= 11 is 0. The van der Waals surface area contributed by atoms with E-state index in [1.807, 2.05) is 30.2 Å². The first kappa shape index (κ1) is 15.7. The molecule has 0 radical (unpaired) electrons. The van der Waals surface area contributed by atoms with Crippen LogP contribution in [0.25, 0.3) is 0 Å². The third kappa shape index (κ3) is 3.45. The average molecular weight is 313 g/mol. The standard InChI is InChI=1S/C18H23N3O2/c1-3-16-6-7-17(23-16)18(22)21-11-9-20(10-12-21)14(2)15-5-4-8-19-13-15/h4-8,13-14H,3,9-12H2,1-2H3/t14-/m1/s1. The highest BCUT2D eigenvalue weighted by Crippen LogP contribution is 2.21. The zero-order valence-electron chi connectivity index (χ0n) is 13.7. The summed E-state index contributed by atoms with van der Waals surface area (Å²) in [6.07, 6.45) is 4.52. The van der Waals surface area contributed by atoms with Crippen LogP contribution in [-0.2, 0) is 6.42 Å². The Morgan fingerprint density at radius 1 is 1.26 bits per heavy atom. The first-order valence-corrected chi connectivity index (χ1v) is 8.21. The zero-order valence-corrected chi connectivity index (χ0v) is 13.7. The lowest BCUT2D eigenvalue weighted by Crippen LogP contribution is -2.49. The van der Waals surface area contributed by atoms with E-state index in [2.05, 4.69) is 22.9 Å². The summed E-state index contributed by atoms with van der Waals surface area (Å²) in [5.41, 5.74) is 1.21. The van der Waals surface area contributed by atoms with E-state index in [0.29, 0.717) is 11.8 Å². The van der Waals surface area contributed by atoms with E-state index >= 15 is 0 Å². The molecule has 23 heavy (non-hydrogen) atoms.